The van der Waals surface area contributed by atoms with Gasteiger partial charge in [-0.15, -0.1) is 0 Å². The van der Waals surface area contributed by atoms with Crippen LogP contribution in [0.5, 0.6) is 0 Å². The second-order valence-corrected chi connectivity index (χ2v) is 2.58. The monoisotopic (exact) mass is 137 g/mol. The summed E-state index contributed by atoms with van der Waals surface area (Å²) in [7, 11) is 0. The molecule has 0 N–H and O–H groups in total. The molecule has 0 aliphatic heterocycles. The summed E-state index contributed by atoms with van der Waals surface area (Å²) < 4.78 is 4.05. The Morgan fingerprint density at radius 3 is 2.75 bits per heavy atom. The van der Waals surface area contributed by atoms with E-state index in [1.165, 1.54) is 0 Å². The number of rotatable bonds is 4. The van der Waals surface area contributed by atoms with Gasteiger partial charge in [-0.2, -0.15) is 4.33 Å². The lowest BCUT2D eigenvalue weighted by Crippen LogP contribution is -2.04. The Morgan fingerprint density at radius 1 is 1.75 bits per heavy atom. The van der Waals surface area contributed by atoms with Gasteiger partial charge in [0.15, 0.2) is 0 Å². The Balaban J connectivity index is 2.86. The lowest BCUT2D eigenvalue weighted by molar-refractivity contribution is -0.777. The lowest BCUT2D eigenvalue weighted by atomic mass is 10.4. The molecule has 3 nitrogen and oxygen atoms in total. The van der Waals surface area contributed by atoms with Crippen molar-refractivity contribution < 1.29 is 14.6 Å². The Bertz CT molecular complexity index is 50.5. The zero-order valence-corrected chi connectivity index (χ0v) is 5.73. The van der Waals surface area contributed by atoms with E-state index >= 15 is 0 Å². The molecule has 0 bridgehead atoms. The van der Waals surface area contributed by atoms with Gasteiger partial charge in [0.05, 0.1) is 0 Å². The van der Waals surface area contributed by atoms with Crippen molar-refractivity contribution >= 4 is 12.0 Å². The molecule has 8 heavy (non-hydrogen) atoms. The molecular weight excluding hydrogens is 128 g/mol. The SMILES string of the molecule is CCC(C)SOO[O-]. The van der Waals surface area contributed by atoms with Gasteiger partial charge in [0.1, 0.15) is 0 Å². The fourth-order valence-electron chi connectivity index (χ4n) is 0.151. The van der Waals surface area contributed by atoms with Crippen LogP contribution in [-0.2, 0) is 9.37 Å². The van der Waals surface area contributed by atoms with Crippen molar-refractivity contribution in [1.29, 1.82) is 0 Å². The molecule has 0 saturated carbocycles. The maximum atomic E-state index is 9.21. The van der Waals surface area contributed by atoms with E-state index < -0.39 is 0 Å². The third kappa shape index (κ3) is 4.39. The highest BCUT2D eigenvalue weighted by atomic mass is 32.2. The highest BCUT2D eigenvalue weighted by Crippen LogP contribution is 2.13. The van der Waals surface area contributed by atoms with Crippen molar-refractivity contribution in [2.24, 2.45) is 0 Å². The third-order valence-corrected chi connectivity index (χ3v) is 1.60. The van der Waals surface area contributed by atoms with E-state index in [4.69, 9.17) is 0 Å². The summed E-state index contributed by atoms with van der Waals surface area (Å²) in [4.78, 5) is 0. The van der Waals surface area contributed by atoms with Crippen molar-refractivity contribution in [2.45, 2.75) is 25.5 Å². The zero-order valence-electron chi connectivity index (χ0n) is 4.92. The Morgan fingerprint density at radius 2 is 2.38 bits per heavy atom. The van der Waals surface area contributed by atoms with Crippen LogP contribution in [0.15, 0.2) is 0 Å². The maximum Gasteiger partial charge on any atom is 0.0337 e. The molecule has 4 heteroatoms. The van der Waals surface area contributed by atoms with E-state index in [9.17, 15) is 5.26 Å². The van der Waals surface area contributed by atoms with Crippen LogP contribution in [0.3, 0.4) is 0 Å². The quantitative estimate of drug-likeness (QED) is 0.324. The minimum atomic E-state index is 0.323. The number of hydrogen-bond acceptors (Lipinski definition) is 4. The normalized spacial score (nSPS) is 13.9. The van der Waals surface area contributed by atoms with Gasteiger partial charge in [-0.05, 0) is 6.42 Å². The van der Waals surface area contributed by atoms with E-state index in [0.717, 1.165) is 18.5 Å². The summed E-state index contributed by atoms with van der Waals surface area (Å²) in [6.07, 6.45) is 0.966. The standard InChI is InChI=1S/C4H10O3S/c1-3-4(2)8-7-6-5/h4-5H,3H2,1-2H3/p-1. The topological polar surface area (TPSA) is 41.5 Å². The minimum absolute atomic E-state index is 0.323. The minimum Gasteiger partial charge on any atom is -0.691 e. The smallest absolute Gasteiger partial charge is 0.0337 e. The molecule has 0 radical (unpaired) electrons. The van der Waals surface area contributed by atoms with E-state index in [0.29, 0.717) is 5.25 Å². The molecular formula is C4H9O3S-. The van der Waals surface area contributed by atoms with Gasteiger partial charge < -0.3 is 5.26 Å². The first-order chi connectivity index (χ1) is 3.81. The maximum absolute atomic E-state index is 9.21. The molecule has 0 aromatic rings. The van der Waals surface area contributed by atoms with Crippen LogP contribution < -0.4 is 5.26 Å². The van der Waals surface area contributed by atoms with Gasteiger partial charge in [-0.25, -0.2) is 0 Å². The van der Waals surface area contributed by atoms with Crippen molar-refractivity contribution in [1.82, 2.24) is 0 Å². The molecule has 0 spiro atoms. The van der Waals surface area contributed by atoms with Crippen molar-refractivity contribution in [2.75, 3.05) is 0 Å². The molecule has 0 aromatic heterocycles. The second-order valence-electron chi connectivity index (χ2n) is 1.45. The molecule has 0 saturated heterocycles. The second kappa shape index (κ2) is 5.37. The third-order valence-electron chi connectivity index (χ3n) is 0.806. The van der Waals surface area contributed by atoms with Crippen LogP contribution >= 0.6 is 12.0 Å². The van der Waals surface area contributed by atoms with Crippen molar-refractivity contribution in [3.63, 3.8) is 0 Å². The number of hydrogen-bond donors (Lipinski definition) is 0. The summed E-state index contributed by atoms with van der Waals surface area (Å²) in [5.41, 5.74) is 0. The molecule has 0 aliphatic carbocycles. The van der Waals surface area contributed by atoms with Crippen LogP contribution in [0, 0.1) is 0 Å². The first-order valence-corrected chi connectivity index (χ1v) is 3.23. The predicted molar refractivity (Wildman–Crippen MR) is 29.5 cm³/mol. The highest BCUT2D eigenvalue weighted by Gasteiger charge is 1.96. The van der Waals surface area contributed by atoms with Crippen LogP contribution in [0.1, 0.15) is 20.3 Å². The molecule has 1 atom stereocenters. The van der Waals surface area contributed by atoms with Crippen molar-refractivity contribution in [3.05, 3.63) is 0 Å². The summed E-state index contributed by atoms with van der Waals surface area (Å²) in [5.74, 6) is 0. The van der Waals surface area contributed by atoms with E-state index in [-0.39, 0.29) is 0 Å². The van der Waals surface area contributed by atoms with Crippen molar-refractivity contribution in [3.8, 4) is 0 Å². The molecule has 50 valence electrons. The molecule has 0 heterocycles. The predicted octanol–water partition coefficient (Wildman–Crippen LogP) is 0.657. The largest absolute Gasteiger partial charge is 0.691 e. The van der Waals surface area contributed by atoms with Gasteiger partial charge in [-0.1, -0.05) is 13.8 Å². The van der Waals surface area contributed by atoms with E-state index in [2.05, 4.69) is 9.37 Å². The first-order valence-electron chi connectivity index (χ1n) is 2.43. The van der Waals surface area contributed by atoms with Gasteiger partial charge in [-0.3, -0.25) is 5.04 Å². The summed E-state index contributed by atoms with van der Waals surface area (Å²) in [5, 5.41) is 12.7. The van der Waals surface area contributed by atoms with Crippen LogP contribution in [0.2, 0.25) is 0 Å². The molecule has 0 fully saturated rings. The van der Waals surface area contributed by atoms with Gasteiger partial charge in [0.25, 0.3) is 0 Å². The summed E-state index contributed by atoms with van der Waals surface area (Å²) in [6.45, 7) is 3.95. The fraction of sp³-hybridized carbons (Fsp3) is 1.00. The molecule has 0 rings (SSSR count). The average molecular weight is 137 g/mol. The molecule has 0 aliphatic rings. The Labute approximate surface area is 53.0 Å². The highest BCUT2D eigenvalue weighted by molar-refractivity contribution is 7.95. The summed E-state index contributed by atoms with van der Waals surface area (Å²) in [6, 6.07) is 0. The Hall–Kier alpha value is 0.230. The van der Waals surface area contributed by atoms with E-state index in [1.54, 1.807) is 0 Å². The van der Waals surface area contributed by atoms with Gasteiger partial charge >= 0.3 is 0 Å². The zero-order chi connectivity index (χ0) is 6.41. The van der Waals surface area contributed by atoms with Gasteiger partial charge in [0.2, 0.25) is 0 Å². The fourth-order valence-corrected chi connectivity index (χ4v) is 0.453. The molecule has 1 unspecified atom stereocenters. The van der Waals surface area contributed by atoms with E-state index in [1.807, 2.05) is 13.8 Å². The van der Waals surface area contributed by atoms with Crippen LogP contribution in [0.25, 0.3) is 0 Å². The Kier molecular flexibility index (Phi) is 5.52. The van der Waals surface area contributed by atoms with Crippen LogP contribution in [0.4, 0.5) is 0 Å². The molecule has 0 aromatic carbocycles. The lowest BCUT2D eigenvalue weighted by Gasteiger charge is -2.07. The first kappa shape index (κ1) is 8.23. The average Bonchev–Trinajstić information content (AvgIpc) is 1.83. The van der Waals surface area contributed by atoms with Crippen LogP contribution in [-0.4, -0.2) is 5.25 Å². The molecule has 0 amide bonds. The summed E-state index contributed by atoms with van der Waals surface area (Å²) >= 11 is 1.04. The van der Waals surface area contributed by atoms with Gasteiger partial charge in [0, 0.05) is 17.3 Å².